The summed E-state index contributed by atoms with van der Waals surface area (Å²) in [7, 11) is 0. The van der Waals surface area contributed by atoms with E-state index in [-0.39, 0.29) is 11.4 Å². The van der Waals surface area contributed by atoms with Crippen molar-refractivity contribution in [3.05, 3.63) is 33.9 Å². The summed E-state index contributed by atoms with van der Waals surface area (Å²) < 4.78 is 5.36. The molecule has 0 spiro atoms. The summed E-state index contributed by atoms with van der Waals surface area (Å²) in [6.45, 7) is 5.06. The molecule has 2 unspecified atom stereocenters. The number of aliphatic hydroxyl groups is 1. The van der Waals surface area contributed by atoms with E-state index in [9.17, 15) is 15.2 Å². The monoisotopic (exact) mass is 225 g/mol. The van der Waals surface area contributed by atoms with E-state index in [1.165, 1.54) is 6.07 Å². The zero-order chi connectivity index (χ0) is 12.3. The lowest BCUT2D eigenvalue weighted by Gasteiger charge is -2.17. The summed E-state index contributed by atoms with van der Waals surface area (Å²) in [6, 6.07) is 4.65. The van der Waals surface area contributed by atoms with Gasteiger partial charge in [-0.05, 0) is 32.4 Å². The molecule has 0 saturated carbocycles. The van der Waals surface area contributed by atoms with E-state index in [1.54, 1.807) is 26.0 Å². The second kappa shape index (κ2) is 4.94. The lowest BCUT2D eigenvalue weighted by Crippen LogP contribution is -2.25. The molecular weight excluding hydrogens is 210 g/mol. The molecule has 0 aliphatic rings. The molecule has 5 nitrogen and oxygen atoms in total. The van der Waals surface area contributed by atoms with Crippen molar-refractivity contribution in [1.82, 2.24) is 0 Å². The van der Waals surface area contributed by atoms with Crippen LogP contribution in [0.25, 0.3) is 0 Å². The summed E-state index contributed by atoms with van der Waals surface area (Å²) >= 11 is 0. The average molecular weight is 225 g/mol. The highest BCUT2D eigenvalue weighted by Gasteiger charge is 2.19. The molecule has 1 aromatic rings. The maximum absolute atomic E-state index is 10.7. The van der Waals surface area contributed by atoms with Crippen LogP contribution in [0.3, 0.4) is 0 Å². The van der Waals surface area contributed by atoms with Crippen molar-refractivity contribution in [3.8, 4) is 5.75 Å². The minimum absolute atomic E-state index is 0.0851. The van der Waals surface area contributed by atoms with Crippen LogP contribution in [0.15, 0.2) is 18.2 Å². The molecule has 1 aromatic carbocycles. The number of hydrogen-bond donors (Lipinski definition) is 1. The predicted octanol–water partition coefficient (Wildman–Crippen LogP) is 2.05. The van der Waals surface area contributed by atoms with Gasteiger partial charge in [0.15, 0.2) is 5.75 Å². The average Bonchev–Trinajstić information content (AvgIpc) is 2.16. The minimum Gasteiger partial charge on any atom is -0.481 e. The zero-order valence-electron chi connectivity index (χ0n) is 9.51. The first-order chi connectivity index (χ1) is 7.41. The minimum atomic E-state index is -0.680. The van der Waals surface area contributed by atoms with Crippen molar-refractivity contribution < 1.29 is 14.8 Å². The molecule has 0 bridgehead atoms. The molecule has 5 heteroatoms. The third kappa shape index (κ3) is 2.93. The molecule has 88 valence electrons. The highest BCUT2D eigenvalue weighted by atomic mass is 16.6. The fourth-order valence-corrected chi connectivity index (χ4v) is 1.17. The third-order valence-corrected chi connectivity index (χ3v) is 2.30. The quantitative estimate of drug-likeness (QED) is 0.628. The van der Waals surface area contributed by atoms with E-state index in [2.05, 4.69) is 0 Å². The van der Waals surface area contributed by atoms with Crippen LogP contribution < -0.4 is 4.74 Å². The maximum Gasteiger partial charge on any atom is 0.310 e. The second-order valence-electron chi connectivity index (χ2n) is 3.79. The van der Waals surface area contributed by atoms with Crippen molar-refractivity contribution in [3.63, 3.8) is 0 Å². The van der Waals surface area contributed by atoms with Crippen molar-refractivity contribution in [2.45, 2.75) is 33.0 Å². The Labute approximate surface area is 93.8 Å². The van der Waals surface area contributed by atoms with Gasteiger partial charge in [0.2, 0.25) is 0 Å². The largest absolute Gasteiger partial charge is 0.481 e. The molecule has 0 fully saturated rings. The fourth-order valence-electron chi connectivity index (χ4n) is 1.17. The van der Waals surface area contributed by atoms with Gasteiger partial charge < -0.3 is 9.84 Å². The van der Waals surface area contributed by atoms with Crippen LogP contribution in [0.4, 0.5) is 5.69 Å². The number of aryl methyl sites for hydroxylation is 1. The number of benzene rings is 1. The van der Waals surface area contributed by atoms with Crippen LogP contribution in [0, 0.1) is 17.0 Å². The van der Waals surface area contributed by atoms with Crippen LogP contribution in [-0.4, -0.2) is 22.2 Å². The fraction of sp³-hybridized carbons (Fsp3) is 0.455. The van der Waals surface area contributed by atoms with Gasteiger partial charge in [-0.2, -0.15) is 0 Å². The Hall–Kier alpha value is -1.62. The molecule has 0 aromatic heterocycles. The van der Waals surface area contributed by atoms with Crippen molar-refractivity contribution >= 4 is 5.69 Å². The van der Waals surface area contributed by atoms with Gasteiger partial charge in [0.1, 0.15) is 6.10 Å². The molecule has 0 aliphatic heterocycles. The Morgan fingerprint density at radius 3 is 2.56 bits per heavy atom. The van der Waals surface area contributed by atoms with Crippen LogP contribution in [0.1, 0.15) is 19.4 Å². The van der Waals surface area contributed by atoms with Crippen LogP contribution in [0.5, 0.6) is 5.75 Å². The number of nitro groups is 1. The first-order valence-electron chi connectivity index (χ1n) is 5.01. The first-order valence-corrected chi connectivity index (χ1v) is 5.01. The van der Waals surface area contributed by atoms with E-state index in [0.29, 0.717) is 0 Å². The Bertz CT molecular complexity index is 390. The van der Waals surface area contributed by atoms with Gasteiger partial charge in [-0.3, -0.25) is 10.1 Å². The maximum atomic E-state index is 10.7. The molecule has 2 atom stereocenters. The van der Waals surface area contributed by atoms with Crippen molar-refractivity contribution in [2.24, 2.45) is 0 Å². The standard InChI is InChI=1S/C11H15NO4/c1-7-4-5-10(12(14)15)11(6-7)16-9(3)8(2)13/h4-6,8-9,13H,1-3H3. The zero-order valence-corrected chi connectivity index (χ0v) is 9.51. The van der Waals surface area contributed by atoms with Gasteiger partial charge in [0, 0.05) is 6.07 Å². The Balaban J connectivity index is 3.01. The van der Waals surface area contributed by atoms with Gasteiger partial charge in [-0.15, -0.1) is 0 Å². The summed E-state index contributed by atoms with van der Waals surface area (Å²) in [5, 5.41) is 20.0. The Kier molecular flexibility index (Phi) is 3.84. The Morgan fingerprint density at radius 1 is 1.44 bits per heavy atom. The molecule has 16 heavy (non-hydrogen) atoms. The molecular formula is C11H15NO4. The van der Waals surface area contributed by atoms with E-state index in [1.807, 2.05) is 6.92 Å². The second-order valence-corrected chi connectivity index (χ2v) is 3.79. The molecule has 0 aliphatic carbocycles. The highest BCUT2D eigenvalue weighted by molar-refractivity contribution is 5.48. The van der Waals surface area contributed by atoms with Crippen LogP contribution in [-0.2, 0) is 0 Å². The van der Waals surface area contributed by atoms with E-state index >= 15 is 0 Å². The van der Waals surface area contributed by atoms with E-state index in [0.717, 1.165) is 5.56 Å². The Morgan fingerprint density at radius 2 is 2.06 bits per heavy atom. The van der Waals surface area contributed by atoms with Gasteiger partial charge in [0.25, 0.3) is 0 Å². The number of hydrogen-bond acceptors (Lipinski definition) is 4. The van der Waals surface area contributed by atoms with Gasteiger partial charge in [-0.1, -0.05) is 6.07 Å². The van der Waals surface area contributed by atoms with Crippen molar-refractivity contribution in [2.75, 3.05) is 0 Å². The molecule has 0 saturated heterocycles. The summed E-state index contributed by atoms with van der Waals surface area (Å²) in [5.74, 6) is 0.193. The molecule has 0 radical (unpaired) electrons. The van der Waals surface area contributed by atoms with Crippen LogP contribution in [0.2, 0.25) is 0 Å². The molecule has 0 heterocycles. The summed E-state index contributed by atoms with van der Waals surface area (Å²) in [4.78, 5) is 10.3. The van der Waals surface area contributed by atoms with Gasteiger partial charge in [-0.25, -0.2) is 0 Å². The highest BCUT2D eigenvalue weighted by Crippen LogP contribution is 2.28. The number of nitro benzene ring substituents is 1. The van der Waals surface area contributed by atoms with Gasteiger partial charge in [0.05, 0.1) is 11.0 Å². The van der Waals surface area contributed by atoms with E-state index < -0.39 is 17.1 Å². The smallest absolute Gasteiger partial charge is 0.310 e. The third-order valence-electron chi connectivity index (χ3n) is 2.30. The van der Waals surface area contributed by atoms with E-state index in [4.69, 9.17) is 4.74 Å². The van der Waals surface area contributed by atoms with Crippen molar-refractivity contribution in [1.29, 1.82) is 0 Å². The SMILES string of the molecule is Cc1ccc([N+](=O)[O-])c(OC(C)C(C)O)c1. The van der Waals surface area contributed by atoms with Crippen LogP contribution >= 0.6 is 0 Å². The number of rotatable bonds is 4. The normalized spacial score (nSPS) is 14.2. The summed E-state index contributed by atoms with van der Waals surface area (Å²) in [6.07, 6.45) is -1.17. The molecule has 1 N–H and O–H groups in total. The molecule has 1 rings (SSSR count). The van der Waals surface area contributed by atoms with Gasteiger partial charge >= 0.3 is 5.69 Å². The lowest BCUT2D eigenvalue weighted by molar-refractivity contribution is -0.386. The molecule has 0 amide bonds. The number of aliphatic hydroxyl groups excluding tert-OH is 1. The predicted molar refractivity (Wildman–Crippen MR) is 59.6 cm³/mol. The number of ether oxygens (including phenoxy) is 1. The first kappa shape index (κ1) is 12.4. The summed E-state index contributed by atoms with van der Waals surface area (Å²) in [5.41, 5.74) is 0.788. The lowest BCUT2D eigenvalue weighted by atomic mass is 10.2. The number of nitrogens with zero attached hydrogens (tertiary/aromatic N) is 1. The topological polar surface area (TPSA) is 72.6 Å².